The van der Waals surface area contributed by atoms with Crippen LogP contribution < -0.4 is 10.3 Å². The summed E-state index contributed by atoms with van der Waals surface area (Å²) in [7, 11) is -3.88. The number of aliphatic hydroxyl groups is 1. The maximum absolute atomic E-state index is 13.6. The van der Waals surface area contributed by atoms with Gasteiger partial charge in [-0.3, -0.25) is 4.79 Å². The molecule has 2 aromatic heterocycles. The van der Waals surface area contributed by atoms with Crippen molar-refractivity contribution in [2.24, 2.45) is 0 Å². The number of ether oxygens (including phenoxy) is 1. The molecule has 4 rings (SSSR count). The van der Waals surface area contributed by atoms with Gasteiger partial charge in [-0.1, -0.05) is 20.3 Å². The predicted molar refractivity (Wildman–Crippen MR) is 137 cm³/mol. The van der Waals surface area contributed by atoms with Crippen LogP contribution in [0.15, 0.2) is 27.9 Å². The third-order valence-corrected chi connectivity index (χ3v) is 8.90. The van der Waals surface area contributed by atoms with Crippen LogP contribution in [0.1, 0.15) is 70.3 Å². The zero-order chi connectivity index (χ0) is 26.0. The molecule has 1 saturated heterocycles. The first-order chi connectivity index (χ1) is 17.3. The SMILES string of the molecule is CCOc1ccc(S(=O)(=O)N2CCCCC2CO)cc1-c1nn2c(C(CC)CC)nc(C)c2c(=O)[nH]1. The number of hydrogen-bond acceptors (Lipinski definition) is 7. The van der Waals surface area contributed by atoms with Gasteiger partial charge in [-0.25, -0.2) is 17.9 Å². The zero-order valence-corrected chi connectivity index (χ0v) is 22.1. The largest absolute Gasteiger partial charge is 0.493 e. The highest BCUT2D eigenvalue weighted by atomic mass is 32.2. The number of sulfonamides is 1. The van der Waals surface area contributed by atoms with Crippen LogP contribution >= 0.6 is 0 Å². The highest BCUT2D eigenvalue weighted by Crippen LogP contribution is 2.33. The van der Waals surface area contributed by atoms with Gasteiger partial charge < -0.3 is 14.8 Å². The third kappa shape index (κ3) is 4.67. The van der Waals surface area contributed by atoms with Crippen LogP contribution in [0.5, 0.6) is 5.75 Å². The van der Waals surface area contributed by atoms with E-state index in [1.807, 2.05) is 6.92 Å². The predicted octanol–water partition coefficient (Wildman–Crippen LogP) is 3.23. The molecule has 1 aromatic carbocycles. The number of benzene rings is 1. The molecule has 3 aromatic rings. The Morgan fingerprint density at radius 3 is 2.64 bits per heavy atom. The summed E-state index contributed by atoms with van der Waals surface area (Å²) in [5, 5.41) is 14.5. The zero-order valence-electron chi connectivity index (χ0n) is 21.3. The van der Waals surface area contributed by atoms with Crippen LogP contribution in [0.2, 0.25) is 0 Å². The third-order valence-electron chi connectivity index (χ3n) is 6.95. The quantitative estimate of drug-likeness (QED) is 0.446. The molecule has 1 fully saturated rings. The van der Waals surface area contributed by atoms with E-state index >= 15 is 0 Å². The van der Waals surface area contributed by atoms with Gasteiger partial charge in [0.1, 0.15) is 11.6 Å². The molecule has 0 saturated carbocycles. The standard InChI is InChI=1S/C25H35N5O5S/c1-5-17(6-2)24-26-16(4)22-25(32)27-23(28-30(22)24)20-14-19(11-12-21(20)35-7-3)36(33,34)29-13-9-8-10-18(29)15-31/h11-12,14,17-18,31H,5-10,13,15H2,1-4H3,(H,27,28,32). The Morgan fingerprint density at radius 1 is 1.22 bits per heavy atom. The Balaban J connectivity index is 1.90. The molecule has 10 nitrogen and oxygen atoms in total. The molecule has 36 heavy (non-hydrogen) atoms. The molecule has 0 amide bonds. The van der Waals surface area contributed by atoms with Crippen molar-refractivity contribution in [1.29, 1.82) is 0 Å². The highest BCUT2D eigenvalue weighted by Gasteiger charge is 2.34. The van der Waals surface area contributed by atoms with Crippen LogP contribution in [-0.4, -0.2) is 63.2 Å². The molecule has 0 radical (unpaired) electrons. The van der Waals surface area contributed by atoms with Crippen molar-refractivity contribution in [3.05, 3.63) is 40.1 Å². The van der Waals surface area contributed by atoms with Crippen LogP contribution in [0, 0.1) is 6.92 Å². The molecule has 1 unspecified atom stereocenters. The molecule has 11 heteroatoms. The fourth-order valence-corrected chi connectivity index (χ4v) is 6.69. The van der Waals surface area contributed by atoms with Crippen molar-refractivity contribution in [3.63, 3.8) is 0 Å². The molecule has 2 N–H and O–H groups in total. The minimum Gasteiger partial charge on any atom is -0.493 e. The first-order valence-corrected chi connectivity index (χ1v) is 14.1. The Labute approximate surface area is 211 Å². The number of rotatable bonds is 9. The molecule has 196 valence electrons. The average Bonchev–Trinajstić information content (AvgIpc) is 3.21. The minimum atomic E-state index is -3.88. The summed E-state index contributed by atoms with van der Waals surface area (Å²) in [4.78, 5) is 20.7. The van der Waals surface area contributed by atoms with Crippen molar-refractivity contribution < 1.29 is 18.3 Å². The first-order valence-electron chi connectivity index (χ1n) is 12.7. The van der Waals surface area contributed by atoms with Crippen LogP contribution in [-0.2, 0) is 10.0 Å². The summed E-state index contributed by atoms with van der Waals surface area (Å²) in [5.41, 5.74) is 0.991. The van der Waals surface area contributed by atoms with Crippen molar-refractivity contribution >= 4 is 15.5 Å². The lowest BCUT2D eigenvalue weighted by Crippen LogP contribution is -2.45. The van der Waals surface area contributed by atoms with E-state index in [9.17, 15) is 18.3 Å². The number of aromatic nitrogens is 4. The summed E-state index contributed by atoms with van der Waals surface area (Å²) in [6.45, 7) is 8.23. The van der Waals surface area contributed by atoms with E-state index in [0.29, 0.717) is 47.9 Å². The molecule has 0 spiro atoms. The van der Waals surface area contributed by atoms with Crippen molar-refractivity contribution in [2.45, 2.75) is 76.7 Å². The van der Waals surface area contributed by atoms with Gasteiger partial charge in [0.25, 0.3) is 5.56 Å². The van der Waals surface area contributed by atoms with Crippen LogP contribution in [0.3, 0.4) is 0 Å². The Kier molecular flexibility index (Phi) is 7.82. The number of nitrogens with one attached hydrogen (secondary N) is 1. The van der Waals surface area contributed by atoms with Crippen LogP contribution in [0.4, 0.5) is 0 Å². The molecule has 1 atom stereocenters. The first kappa shape index (κ1) is 26.3. The number of hydrogen-bond donors (Lipinski definition) is 2. The topological polar surface area (TPSA) is 130 Å². The number of nitrogens with zero attached hydrogens (tertiary/aromatic N) is 4. The number of aliphatic hydroxyl groups excluding tert-OH is 1. The summed E-state index contributed by atoms with van der Waals surface area (Å²) in [6, 6.07) is 4.13. The second-order valence-corrected chi connectivity index (χ2v) is 11.1. The van der Waals surface area contributed by atoms with E-state index in [1.165, 1.54) is 16.4 Å². The van der Waals surface area contributed by atoms with E-state index < -0.39 is 16.1 Å². The second kappa shape index (κ2) is 10.7. The van der Waals surface area contributed by atoms with Gasteiger partial charge in [-0.15, -0.1) is 5.10 Å². The molecule has 3 heterocycles. The fourth-order valence-electron chi connectivity index (χ4n) is 4.98. The number of imidazole rings is 1. The maximum Gasteiger partial charge on any atom is 0.277 e. The molecule has 0 bridgehead atoms. The molecular formula is C25H35N5O5S. The highest BCUT2D eigenvalue weighted by molar-refractivity contribution is 7.89. The van der Waals surface area contributed by atoms with Gasteiger partial charge in [-0.05, 0) is 57.7 Å². The van der Waals surface area contributed by atoms with Gasteiger partial charge in [-0.2, -0.15) is 4.31 Å². The summed E-state index contributed by atoms with van der Waals surface area (Å²) in [5.74, 6) is 1.45. The van der Waals surface area contributed by atoms with Gasteiger partial charge in [0, 0.05) is 18.5 Å². The lowest BCUT2D eigenvalue weighted by Gasteiger charge is -2.33. The Morgan fingerprint density at radius 2 is 1.97 bits per heavy atom. The number of aryl methyl sites for hydroxylation is 1. The Hall–Kier alpha value is -2.76. The lowest BCUT2D eigenvalue weighted by atomic mass is 10.0. The van der Waals surface area contributed by atoms with Crippen molar-refractivity contribution in [1.82, 2.24) is 23.9 Å². The minimum absolute atomic E-state index is 0.0612. The van der Waals surface area contributed by atoms with Crippen molar-refractivity contribution in [3.8, 4) is 17.1 Å². The molecular weight excluding hydrogens is 482 g/mol. The van der Waals surface area contributed by atoms with E-state index in [2.05, 4.69) is 23.8 Å². The van der Waals surface area contributed by atoms with Gasteiger partial charge >= 0.3 is 0 Å². The van der Waals surface area contributed by atoms with Crippen molar-refractivity contribution in [2.75, 3.05) is 19.8 Å². The summed E-state index contributed by atoms with van der Waals surface area (Å²) in [6.07, 6.45) is 3.92. The summed E-state index contributed by atoms with van der Waals surface area (Å²) >= 11 is 0. The molecule has 0 aliphatic carbocycles. The second-order valence-electron chi connectivity index (χ2n) is 9.17. The van der Waals surface area contributed by atoms with E-state index in [0.717, 1.165) is 25.7 Å². The molecule has 1 aliphatic heterocycles. The van der Waals surface area contributed by atoms with Gasteiger partial charge in [0.05, 0.1) is 29.4 Å². The Bertz CT molecular complexity index is 1390. The van der Waals surface area contributed by atoms with Gasteiger partial charge in [0.15, 0.2) is 11.3 Å². The maximum atomic E-state index is 13.6. The van der Waals surface area contributed by atoms with Gasteiger partial charge in [0.2, 0.25) is 10.0 Å². The normalized spacial score (nSPS) is 17.2. The number of fused-ring (bicyclic) bond motifs is 1. The van der Waals surface area contributed by atoms with E-state index in [4.69, 9.17) is 9.84 Å². The number of piperidine rings is 1. The number of H-pyrrole nitrogens is 1. The molecule has 1 aliphatic rings. The van der Waals surface area contributed by atoms with Crippen LogP contribution in [0.25, 0.3) is 16.9 Å². The average molecular weight is 518 g/mol. The lowest BCUT2D eigenvalue weighted by molar-refractivity contribution is 0.155. The number of aromatic amines is 1. The van der Waals surface area contributed by atoms with E-state index in [-0.39, 0.29) is 28.8 Å². The monoisotopic (exact) mass is 517 g/mol. The van der Waals surface area contributed by atoms with E-state index in [1.54, 1.807) is 17.5 Å². The smallest absolute Gasteiger partial charge is 0.277 e. The fraction of sp³-hybridized carbons (Fsp3) is 0.560. The summed E-state index contributed by atoms with van der Waals surface area (Å²) < 4.78 is 35.9.